The highest BCUT2D eigenvalue weighted by Crippen LogP contribution is 2.24. The predicted molar refractivity (Wildman–Crippen MR) is 37.0 cm³/mol. The van der Waals surface area contributed by atoms with Crippen LogP contribution in [-0.2, 0) is 4.79 Å². The van der Waals surface area contributed by atoms with E-state index in [0.29, 0.717) is 0 Å². The Hall–Kier alpha value is -1.06. The standard InChI is InChI=1S/C7H7F2NO/c8-6(9)7(5-11)3-1-2-4-10-7/h1-2,4-6H,3H2. The van der Waals surface area contributed by atoms with E-state index in [1.807, 2.05) is 0 Å². The van der Waals surface area contributed by atoms with E-state index >= 15 is 0 Å². The molecule has 0 saturated carbocycles. The maximum absolute atomic E-state index is 12.2. The third-order valence-corrected chi connectivity index (χ3v) is 1.56. The minimum absolute atomic E-state index is 0.00926. The topological polar surface area (TPSA) is 29.4 Å². The Balaban J connectivity index is 2.85. The molecule has 0 aliphatic carbocycles. The number of carbonyl (C=O) groups is 1. The Morgan fingerprint density at radius 3 is 2.64 bits per heavy atom. The van der Waals surface area contributed by atoms with Crippen molar-refractivity contribution in [2.45, 2.75) is 18.4 Å². The summed E-state index contributed by atoms with van der Waals surface area (Å²) < 4.78 is 24.4. The fourth-order valence-corrected chi connectivity index (χ4v) is 0.828. The van der Waals surface area contributed by atoms with Crippen LogP contribution in [0.2, 0.25) is 0 Å². The van der Waals surface area contributed by atoms with Crippen molar-refractivity contribution >= 4 is 12.5 Å². The van der Waals surface area contributed by atoms with E-state index in [1.165, 1.54) is 12.3 Å². The highest BCUT2D eigenvalue weighted by atomic mass is 19.3. The van der Waals surface area contributed by atoms with Crippen LogP contribution in [0.3, 0.4) is 0 Å². The molecule has 0 saturated heterocycles. The van der Waals surface area contributed by atoms with Crippen molar-refractivity contribution in [2.24, 2.45) is 4.99 Å². The van der Waals surface area contributed by atoms with Gasteiger partial charge in [-0.15, -0.1) is 0 Å². The van der Waals surface area contributed by atoms with Gasteiger partial charge in [-0.25, -0.2) is 8.78 Å². The summed E-state index contributed by atoms with van der Waals surface area (Å²) >= 11 is 0. The summed E-state index contributed by atoms with van der Waals surface area (Å²) in [5.74, 6) is 0. The molecule has 0 aromatic rings. The quantitative estimate of drug-likeness (QED) is 0.557. The van der Waals surface area contributed by atoms with Gasteiger partial charge in [0.05, 0.1) is 0 Å². The Bertz CT molecular complexity index is 212. The lowest BCUT2D eigenvalue weighted by Gasteiger charge is -2.22. The molecule has 0 bridgehead atoms. The zero-order valence-electron chi connectivity index (χ0n) is 5.71. The van der Waals surface area contributed by atoms with Gasteiger partial charge in [-0.2, -0.15) is 0 Å². The Morgan fingerprint density at radius 1 is 1.64 bits per heavy atom. The second-order valence-electron chi connectivity index (χ2n) is 2.32. The number of hydrogen-bond donors (Lipinski definition) is 0. The number of alkyl halides is 2. The molecule has 1 atom stereocenters. The number of dihydropyridines is 1. The number of allylic oxidation sites excluding steroid dienone is 1. The molecule has 0 fully saturated rings. The molecular weight excluding hydrogens is 152 g/mol. The van der Waals surface area contributed by atoms with Crippen molar-refractivity contribution in [1.82, 2.24) is 0 Å². The van der Waals surface area contributed by atoms with E-state index < -0.39 is 12.0 Å². The first-order valence-electron chi connectivity index (χ1n) is 3.16. The molecule has 0 N–H and O–H groups in total. The molecular formula is C7H7F2NO. The predicted octanol–water partition coefficient (Wildman–Crippen LogP) is 1.22. The maximum Gasteiger partial charge on any atom is 0.270 e. The van der Waals surface area contributed by atoms with Crippen LogP contribution in [0.1, 0.15) is 6.42 Å². The molecule has 4 heteroatoms. The van der Waals surface area contributed by atoms with Gasteiger partial charge in [0.1, 0.15) is 0 Å². The van der Waals surface area contributed by atoms with Gasteiger partial charge in [-0.05, 0) is 6.08 Å². The zero-order valence-corrected chi connectivity index (χ0v) is 5.71. The van der Waals surface area contributed by atoms with Crippen molar-refractivity contribution in [1.29, 1.82) is 0 Å². The van der Waals surface area contributed by atoms with Crippen LogP contribution in [0.15, 0.2) is 17.1 Å². The van der Waals surface area contributed by atoms with Gasteiger partial charge in [0, 0.05) is 12.6 Å². The van der Waals surface area contributed by atoms with Gasteiger partial charge in [-0.3, -0.25) is 4.99 Å². The van der Waals surface area contributed by atoms with Crippen LogP contribution >= 0.6 is 0 Å². The van der Waals surface area contributed by atoms with Crippen LogP contribution in [-0.4, -0.2) is 24.5 Å². The molecule has 1 aliphatic rings. The van der Waals surface area contributed by atoms with Gasteiger partial charge in [0.25, 0.3) is 6.43 Å². The lowest BCUT2D eigenvalue weighted by atomic mass is 9.97. The summed E-state index contributed by atoms with van der Waals surface area (Å²) in [6.07, 6.45) is 1.76. The third kappa shape index (κ3) is 1.34. The number of hydrogen-bond acceptors (Lipinski definition) is 2. The van der Waals surface area contributed by atoms with E-state index in [9.17, 15) is 13.6 Å². The van der Waals surface area contributed by atoms with Crippen molar-refractivity contribution in [3.8, 4) is 0 Å². The first-order chi connectivity index (χ1) is 5.21. The van der Waals surface area contributed by atoms with E-state index in [4.69, 9.17) is 0 Å². The molecule has 0 radical (unpaired) electrons. The molecule has 1 unspecified atom stereocenters. The SMILES string of the molecule is O=CC1(C(F)F)CC=CC=N1. The van der Waals surface area contributed by atoms with Crippen LogP contribution in [0.4, 0.5) is 8.78 Å². The summed E-state index contributed by atoms with van der Waals surface area (Å²) in [5, 5.41) is 0. The summed E-state index contributed by atoms with van der Waals surface area (Å²) in [6.45, 7) is 0. The smallest absolute Gasteiger partial charge is 0.270 e. The van der Waals surface area contributed by atoms with Crippen molar-refractivity contribution in [3.63, 3.8) is 0 Å². The number of nitrogens with zero attached hydrogens (tertiary/aromatic N) is 1. The number of rotatable bonds is 2. The van der Waals surface area contributed by atoms with Gasteiger partial charge < -0.3 is 4.79 Å². The Kier molecular flexibility index (Phi) is 2.12. The van der Waals surface area contributed by atoms with Gasteiger partial charge >= 0.3 is 0 Å². The largest absolute Gasteiger partial charge is 0.300 e. The van der Waals surface area contributed by atoms with Crippen LogP contribution < -0.4 is 0 Å². The van der Waals surface area contributed by atoms with Crippen molar-refractivity contribution < 1.29 is 13.6 Å². The fourth-order valence-electron chi connectivity index (χ4n) is 0.828. The van der Waals surface area contributed by atoms with Crippen LogP contribution in [0.25, 0.3) is 0 Å². The molecule has 0 aromatic carbocycles. The van der Waals surface area contributed by atoms with Crippen LogP contribution in [0.5, 0.6) is 0 Å². The van der Waals surface area contributed by atoms with E-state index in [-0.39, 0.29) is 12.7 Å². The molecule has 1 aliphatic heterocycles. The molecule has 2 nitrogen and oxygen atoms in total. The van der Waals surface area contributed by atoms with Crippen molar-refractivity contribution in [3.05, 3.63) is 12.2 Å². The molecule has 60 valence electrons. The zero-order chi connectivity index (χ0) is 8.32. The molecule has 11 heavy (non-hydrogen) atoms. The van der Waals surface area contributed by atoms with Crippen molar-refractivity contribution in [2.75, 3.05) is 0 Å². The lowest BCUT2D eigenvalue weighted by molar-refractivity contribution is -0.117. The maximum atomic E-state index is 12.2. The van der Waals surface area contributed by atoms with Gasteiger partial charge in [0.2, 0.25) is 0 Å². The minimum Gasteiger partial charge on any atom is -0.300 e. The number of halogens is 2. The van der Waals surface area contributed by atoms with E-state index in [0.717, 1.165) is 0 Å². The van der Waals surface area contributed by atoms with E-state index in [2.05, 4.69) is 4.99 Å². The monoisotopic (exact) mass is 159 g/mol. The lowest BCUT2D eigenvalue weighted by Crippen LogP contribution is -2.37. The highest BCUT2D eigenvalue weighted by Gasteiger charge is 2.38. The summed E-state index contributed by atoms with van der Waals surface area (Å²) in [6, 6.07) is 0. The highest BCUT2D eigenvalue weighted by molar-refractivity contribution is 5.78. The summed E-state index contributed by atoms with van der Waals surface area (Å²) in [4.78, 5) is 13.7. The molecule has 0 aromatic heterocycles. The van der Waals surface area contributed by atoms with Crippen LogP contribution in [0, 0.1) is 0 Å². The second kappa shape index (κ2) is 2.90. The van der Waals surface area contributed by atoms with Gasteiger partial charge in [-0.1, -0.05) is 6.08 Å². The number of carbonyl (C=O) groups excluding carboxylic acids is 1. The molecule has 0 amide bonds. The summed E-state index contributed by atoms with van der Waals surface area (Å²) in [7, 11) is 0. The molecule has 1 rings (SSSR count). The Labute approximate surface area is 62.6 Å². The average molecular weight is 159 g/mol. The first kappa shape index (κ1) is 8.04. The van der Waals surface area contributed by atoms with E-state index in [1.54, 1.807) is 6.08 Å². The van der Waals surface area contributed by atoms with Gasteiger partial charge in [0.15, 0.2) is 11.8 Å². The second-order valence-corrected chi connectivity index (χ2v) is 2.32. The minimum atomic E-state index is -2.72. The third-order valence-electron chi connectivity index (χ3n) is 1.56. The first-order valence-corrected chi connectivity index (χ1v) is 3.16. The number of aliphatic imine (C=N–C) groups is 1. The normalized spacial score (nSPS) is 29.4. The fraction of sp³-hybridized carbons (Fsp3) is 0.429. The average Bonchev–Trinajstić information content (AvgIpc) is 2.05. The molecule has 0 spiro atoms. The summed E-state index contributed by atoms with van der Waals surface area (Å²) in [5.41, 5.74) is -1.81. The molecule has 1 heterocycles. The number of aldehydes is 1. The Morgan fingerprint density at radius 2 is 2.36 bits per heavy atom.